The highest BCUT2D eigenvalue weighted by atomic mass is 16.3. The summed E-state index contributed by atoms with van der Waals surface area (Å²) >= 11 is 0. The van der Waals surface area contributed by atoms with Gasteiger partial charge in [-0.2, -0.15) is 0 Å². The number of rotatable bonds is 4. The second-order valence-corrected chi connectivity index (χ2v) is 6.59. The molecule has 1 saturated carbocycles. The highest BCUT2D eigenvalue weighted by Crippen LogP contribution is 2.68. The monoisotopic (exact) mass is 329 g/mol. The minimum atomic E-state index is -0.641. The number of benzene rings is 1. The maximum absolute atomic E-state index is 12.4. The molecule has 2 N–H and O–H groups in total. The number of carbonyl (C=O) groups is 1. The molecule has 0 radical (unpaired) electrons. The number of hydrogen-bond acceptors (Lipinski definition) is 6. The van der Waals surface area contributed by atoms with Gasteiger partial charge in [0.2, 0.25) is 5.91 Å². The first-order valence-corrected chi connectivity index (χ1v) is 7.99. The summed E-state index contributed by atoms with van der Waals surface area (Å²) in [6, 6.07) is 9.88. The third kappa shape index (κ3) is 2.22. The van der Waals surface area contributed by atoms with Crippen LogP contribution in [0.3, 0.4) is 0 Å². The van der Waals surface area contributed by atoms with E-state index in [2.05, 4.69) is 15.5 Å². The number of aromatic nitrogens is 4. The van der Waals surface area contributed by atoms with Crippen molar-refractivity contribution in [1.29, 1.82) is 0 Å². The fourth-order valence-electron chi connectivity index (χ4n) is 4.25. The van der Waals surface area contributed by atoms with Crippen LogP contribution in [0, 0.1) is 11.3 Å². The number of likely N-dealkylation sites (tertiary alicyclic amines) is 1. The van der Waals surface area contributed by atoms with E-state index in [9.17, 15) is 15.0 Å². The van der Waals surface area contributed by atoms with Gasteiger partial charge in [-0.05, 0) is 27.8 Å². The van der Waals surface area contributed by atoms with Crippen molar-refractivity contribution in [2.75, 3.05) is 19.7 Å². The molecule has 1 aliphatic carbocycles. The van der Waals surface area contributed by atoms with E-state index in [-0.39, 0.29) is 37.4 Å². The van der Waals surface area contributed by atoms with Gasteiger partial charge >= 0.3 is 0 Å². The Balaban J connectivity index is 1.53. The summed E-state index contributed by atoms with van der Waals surface area (Å²) < 4.78 is 1.37. The predicted octanol–water partition coefficient (Wildman–Crippen LogP) is -0.731. The molecular formula is C16H19N5O3. The molecule has 2 fully saturated rings. The van der Waals surface area contributed by atoms with Crippen LogP contribution in [0.15, 0.2) is 36.7 Å². The zero-order chi connectivity index (χ0) is 16.7. The minimum Gasteiger partial charge on any atom is -0.396 e. The molecule has 1 amide bonds. The number of tetrazole rings is 1. The van der Waals surface area contributed by atoms with Gasteiger partial charge in [-0.1, -0.05) is 30.3 Å². The number of nitrogens with zero attached hydrogens (tertiary/aromatic N) is 5. The quantitative estimate of drug-likeness (QED) is 0.766. The zero-order valence-corrected chi connectivity index (χ0v) is 13.1. The third-order valence-electron chi connectivity index (χ3n) is 5.44. The molecule has 1 aromatic heterocycles. The number of hydrogen-bond donors (Lipinski definition) is 2. The summed E-state index contributed by atoms with van der Waals surface area (Å²) in [6.07, 6.45) is 0.748. The van der Waals surface area contributed by atoms with Crippen LogP contribution in [0.2, 0.25) is 0 Å². The van der Waals surface area contributed by atoms with Crippen LogP contribution in [0.25, 0.3) is 0 Å². The molecule has 4 rings (SSSR count). The second-order valence-electron chi connectivity index (χ2n) is 6.59. The van der Waals surface area contributed by atoms with Gasteiger partial charge < -0.3 is 15.1 Å². The van der Waals surface area contributed by atoms with E-state index in [1.165, 1.54) is 11.0 Å². The van der Waals surface area contributed by atoms with Crippen LogP contribution >= 0.6 is 0 Å². The molecule has 1 saturated heterocycles. The van der Waals surface area contributed by atoms with E-state index < -0.39 is 11.5 Å². The van der Waals surface area contributed by atoms with Crippen molar-refractivity contribution in [3.63, 3.8) is 0 Å². The van der Waals surface area contributed by atoms with Crippen molar-refractivity contribution in [2.45, 2.75) is 18.6 Å². The zero-order valence-electron chi connectivity index (χ0n) is 13.1. The molecule has 8 nitrogen and oxygen atoms in total. The molecule has 1 aliphatic heterocycles. The fourth-order valence-corrected chi connectivity index (χ4v) is 4.25. The van der Waals surface area contributed by atoms with Crippen LogP contribution in [0.4, 0.5) is 0 Å². The molecule has 1 aromatic carbocycles. The average molecular weight is 329 g/mol. The van der Waals surface area contributed by atoms with Gasteiger partial charge in [0.15, 0.2) is 0 Å². The van der Waals surface area contributed by atoms with Gasteiger partial charge in [0.05, 0.1) is 6.10 Å². The molecule has 0 unspecified atom stereocenters. The van der Waals surface area contributed by atoms with Crippen LogP contribution in [-0.2, 0) is 11.3 Å². The van der Waals surface area contributed by atoms with Crippen LogP contribution in [-0.4, -0.2) is 67.0 Å². The maximum Gasteiger partial charge on any atom is 0.244 e. The normalized spacial score (nSPS) is 31.6. The van der Waals surface area contributed by atoms with E-state index in [4.69, 9.17) is 0 Å². The first-order chi connectivity index (χ1) is 11.7. The smallest absolute Gasteiger partial charge is 0.244 e. The first-order valence-electron chi connectivity index (χ1n) is 7.99. The summed E-state index contributed by atoms with van der Waals surface area (Å²) in [4.78, 5) is 14.1. The lowest BCUT2D eigenvalue weighted by Gasteiger charge is -2.16. The van der Waals surface area contributed by atoms with Gasteiger partial charge in [-0.3, -0.25) is 4.79 Å². The Morgan fingerprint density at radius 2 is 2.12 bits per heavy atom. The molecular weight excluding hydrogens is 310 g/mol. The Kier molecular flexibility index (Phi) is 3.58. The highest BCUT2D eigenvalue weighted by molar-refractivity contribution is 5.76. The van der Waals surface area contributed by atoms with E-state index in [1.54, 1.807) is 4.90 Å². The molecule has 24 heavy (non-hydrogen) atoms. The third-order valence-corrected chi connectivity index (χ3v) is 5.44. The number of β-amino-alcohol motifs (C(OH)–C–C–N with tert-alkyl or cyclic N) is 1. The Hall–Kier alpha value is -2.32. The van der Waals surface area contributed by atoms with E-state index in [0.29, 0.717) is 6.54 Å². The lowest BCUT2D eigenvalue weighted by molar-refractivity contribution is -0.131. The summed E-state index contributed by atoms with van der Waals surface area (Å²) in [7, 11) is 0. The van der Waals surface area contributed by atoms with Crippen molar-refractivity contribution >= 4 is 5.91 Å². The number of aliphatic hydroxyl groups excluding tert-OH is 2. The maximum atomic E-state index is 12.4. The lowest BCUT2D eigenvalue weighted by Crippen LogP contribution is -2.33. The van der Waals surface area contributed by atoms with Gasteiger partial charge in [0.25, 0.3) is 0 Å². The Morgan fingerprint density at radius 1 is 1.33 bits per heavy atom. The molecule has 2 aromatic rings. The van der Waals surface area contributed by atoms with Crippen LogP contribution in [0.1, 0.15) is 11.5 Å². The summed E-state index contributed by atoms with van der Waals surface area (Å²) in [5.41, 5.74) is 0.650. The highest BCUT2D eigenvalue weighted by Gasteiger charge is 2.71. The summed E-state index contributed by atoms with van der Waals surface area (Å²) in [5.74, 6) is -0.0844. The van der Waals surface area contributed by atoms with Crippen molar-refractivity contribution in [3.05, 3.63) is 42.2 Å². The molecule has 1 spiro atoms. The Morgan fingerprint density at radius 3 is 2.79 bits per heavy atom. The van der Waals surface area contributed by atoms with E-state index in [1.807, 2.05) is 30.3 Å². The largest absolute Gasteiger partial charge is 0.396 e. The van der Waals surface area contributed by atoms with Gasteiger partial charge in [0, 0.05) is 25.1 Å². The van der Waals surface area contributed by atoms with Gasteiger partial charge in [0.1, 0.15) is 12.9 Å². The standard InChI is InChI=1S/C16H19N5O3/c22-8-12-15(11-4-2-1-3-5-11)16(12)9-20(6-13(16)23)14(24)7-21-10-17-18-19-21/h1-5,10,12-13,15,22-23H,6-9H2/t12-,13+,15-,16-/m1/s1. The molecule has 0 bridgehead atoms. The van der Waals surface area contributed by atoms with E-state index >= 15 is 0 Å². The van der Waals surface area contributed by atoms with Crippen molar-refractivity contribution in [3.8, 4) is 0 Å². The van der Waals surface area contributed by atoms with Crippen molar-refractivity contribution < 1.29 is 15.0 Å². The molecule has 2 heterocycles. The first kappa shape index (κ1) is 15.2. The average Bonchev–Trinajstić information content (AvgIpc) is 2.87. The van der Waals surface area contributed by atoms with Crippen LogP contribution in [0.5, 0.6) is 0 Å². The summed E-state index contributed by atoms with van der Waals surface area (Å²) in [5, 5.41) is 31.1. The lowest BCUT2D eigenvalue weighted by atomic mass is 9.95. The second kappa shape index (κ2) is 5.64. The molecule has 4 atom stereocenters. The minimum absolute atomic E-state index is 0.00560. The molecule has 2 aliphatic rings. The Bertz CT molecular complexity index is 723. The van der Waals surface area contributed by atoms with Gasteiger partial charge in [-0.25, -0.2) is 4.68 Å². The van der Waals surface area contributed by atoms with Gasteiger partial charge in [-0.15, -0.1) is 5.10 Å². The SMILES string of the molecule is O=C(Cn1cnnn1)N1C[C@H](O)[C@@]2(C1)[C@H](CO)[C@H]2c1ccccc1. The molecule has 8 heteroatoms. The van der Waals surface area contributed by atoms with E-state index in [0.717, 1.165) is 5.56 Å². The summed E-state index contributed by atoms with van der Waals surface area (Å²) in [6.45, 7) is 0.780. The number of carbonyl (C=O) groups excluding carboxylic acids is 1. The van der Waals surface area contributed by atoms with Crippen LogP contribution < -0.4 is 0 Å². The van der Waals surface area contributed by atoms with Crippen molar-refractivity contribution in [1.82, 2.24) is 25.1 Å². The number of aliphatic hydroxyl groups is 2. The Labute approximate surface area is 138 Å². The molecule has 126 valence electrons. The number of amides is 1. The fraction of sp³-hybridized carbons (Fsp3) is 0.500. The van der Waals surface area contributed by atoms with Crippen molar-refractivity contribution in [2.24, 2.45) is 11.3 Å². The topological polar surface area (TPSA) is 104 Å². The predicted molar refractivity (Wildman–Crippen MR) is 82.6 cm³/mol.